The van der Waals surface area contributed by atoms with Crippen molar-refractivity contribution in [1.82, 2.24) is 15.3 Å². The molecule has 1 fully saturated rings. The maximum atomic E-state index is 4.35. The molecule has 1 aromatic heterocycles. The molecule has 0 bridgehead atoms. The van der Waals surface area contributed by atoms with Gasteiger partial charge in [0.25, 0.3) is 0 Å². The van der Waals surface area contributed by atoms with Crippen LogP contribution < -0.4 is 10.2 Å². The lowest BCUT2D eigenvalue weighted by Gasteiger charge is -2.35. The molecule has 0 radical (unpaired) electrons. The summed E-state index contributed by atoms with van der Waals surface area (Å²) in [5.41, 5.74) is 0. The fourth-order valence-corrected chi connectivity index (χ4v) is 2.23. The highest BCUT2D eigenvalue weighted by molar-refractivity contribution is 5.31. The molecule has 0 aliphatic carbocycles. The van der Waals surface area contributed by atoms with E-state index < -0.39 is 0 Å². The maximum absolute atomic E-state index is 4.35. The van der Waals surface area contributed by atoms with Crippen LogP contribution in [0, 0.1) is 0 Å². The predicted molar refractivity (Wildman–Crippen MR) is 65.6 cm³/mol. The van der Waals surface area contributed by atoms with Crippen LogP contribution in [0.15, 0.2) is 18.5 Å². The molecule has 0 aromatic carbocycles. The van der Waals surface area contributed by atoms with Crippen LogP contribution >= 0.6 is 0 Å². The monoisotopic (exact) mass is 220 g/mol. The lowest BCUT2D eigenvalue weighted by molar-refractivity contribution is 0.433. The normalized spacial score (nSPS) is 21.1. The first-order chi connectivity index (χ1) is 7.92. The lowest BCUT2D eigenvalue weighted by Crippen LogP contribution is -2.46. The lowest BCUT2D eigenvalue weighted by atomic mass is 10.0. The molecule has 2 heterocycles. The SMILES string of the molecule is CCNCC1CCCCN1c1ncccn1. The Hall–Kier alpha value is -1.16. The van der Waals surface area contributed by atoms with Crippen LogP contribution in [0.4, 0.5) is 5.95 Å². The standard InChI is InChI=1S/C12H20N4/c1-2-13-10-11-6-3-4-9-16(11)12-14-7-5-8-15-12/h5,7-8,11,13H,2-4,6,9-10H2,1H3. The molecule has 0 spiro atoms. The number of nitrogens with one attached hydrogen (secondary N) is 1. The summed E-state index contributed by atoms with van der Waals surface area (Å²) in [7, 11) is 0. The zero-order valence-corrected chi connectivity index (χ0v) is 9.89. The van der Waals surface area contributed by atoms with E-state index in [4.69, 9.17) is 0 Å². The van der Waals surface area contributed by atoms with Crippen molar-refractivity contribution in [2.75, 3.05) is 24.5 Å². The Morgan fingerprint density at radius 2 is 2.19 bits per heavy atom. The molecule has 1 atom stereocenters. The summed E-state index contributed by atoms with van der Waals surface area (Å²) in [6, 6.07) is 2.42. The topological polar surface area (TPSA) is 41.0 Å². The Balaban J connectivity index is 2.04. The molecule has 1 saturated heterocycles. The number of rotatable bonds is 4. The summed E-state index contributed by atoms with van der Waals surface area (Å²) < 4.78 is 0. The van der Waals surface area contributed by atoms with Crippen LogP contribution in [0.5, 0.6) is 0 Å². The number of hydrogen-bond donors (Lipinski definition) is 1. The predicted octanol–water partition coefficient (Wildman–Crippen LogP) is 1.44. The smallest absolute Gasteiger partial charge is 0.225 e. The Labute approximate surface area is 97.1 Å². The van der Waals surface area contributed by atoms with Crippen molar-refractivity contribution < 1.29 is 0 Å². The fourth-order valence-electron chi connectivity index (χ4n) is 2.23. The average Bonchev–Trinajstić information content (AvgIpc) is 2.38. The second kappa shape index (κ2) is 5.80. The molecule has 0 amide bonds. The number of aromatic nitrogens is 2. The number of likely N-dealkylation sites (N-methyl/N-ethyl adjacent to an activating group) is 1. The van der Waals surface area contributed by atoms with Gasteiger partial charge in [-0.3, -0.25) is 0 Å². The van der Waals surface area contributed by atoms with Gasteiger partial charge in [-0.1, -0.05) is 6.92 Å². The Morgan fingerprint density at radius 1 is 1.38 bits per heavy atom. The third kappa shape index (κ3) is 2.70. The van der Waals surface area contributed by atoms with Gasteiger partial charge in [-0.05, 0) is 31.9 Å². The molecule has 1 aliphatic rings. The molecular weight excluding hydrogens is 200 g/mol. The fraction of sp³-hybridized carbons (Fsp3) is 0.667. The van der Waals surface area contributed by atoms with E-state index in [1.165, 1.54) is 19.3 Å². The van der Waals surface area contributed by atoms with Gasteiger partial charge in [0.2, 0.25) is 5.95 Å². The molecule has 1 aliphatic heterocycles. The number of anilines is 1. The summed E-state index contributed by atoms with van der Waals surface area (Å²) in [6.45, 7) is 5.29. The molecule has 2 rings (SSSR count). The van der Waals surface area contributed by atoms with Gasteiger partial charge in [0.1, 0.15) is 0 Å². The summed E-state index contributed by atoms with van der Waals surface area (Å²) in [6.07, 6.45) is 7.45. The van der Waals surface area contributed by atoms with Crippen LogP contribution in [-0.4, -0.2) is 35.6 Å². The van der Waals surface area contributed by atoms with E-state index in [-0.39, 0.29) is 0 Å². The van der Waals surface area contributed by atoms with Gasteiger partial charge < -0.3 is 10.2 Å². The van der Waals surface area contributed by atoms with Gasteiger partial charge >= 0.3 is 0 Å². The summed E-state index contributed by atoms with van der Waals surface area (Å²) in [5.74, 6) is 0.880. The van der Waals surface area contributed by atoms with Gasteiger partial charge in [0, 0.05) is 31.5 Å². The summed E-state index contributed by atoms with van der Waals surface area (Å²) in [5, 5.41) is 3.42. The molecule has 88 valence electrons. The molecule has 1 unspecified atom stereocenters. The Morgan fingerprint density at radius 3 is 2.94 bits per heavy atom. The van der Waals surface area contributed by atoms with Crippen LogP contribution in [0.25, 0.3) is 0 Å². The van der Waals surface area contributed by atoms with Gasteiger partial charge in [-0.25, -0.2) is 9.97 Å². The van der Waals surface area contributed by atoms with E-state index in [0.717, 1.165) is 25.6 Å². The van der Waals surface area contributed by atoms with E-state index >= 15 is 0 Å². The molecule has 1 N–H and O–H groups in total. The van der Waals surface area contributed by atoms with E-state index in [1.807, 2.05) is 18.5 Å². The van der Waals surface area contributed by atoms with E-state index in [0.29, 0.717) is 6.04 Å². The van der Waals surface area contributed by atoms with Crippen molar-refractivity contribution >= 4 is 5.95 Å². The summed E-state index contributed by atoms with van der Waals surface area (Å²) >= 11 is 0. The minimum Gasteiger partial charge on any atom is -0.337 e. The highest BCUT2D eigenvalue weighted by atomic mass is 15.3. The number of hydrogen-bond acceptors (Lipinski definition) is 4. The summed E-state index contributed by atoms with van der Waals surface area (Å²) in [4.78, 5) is 11.0. The maximum Gasteiger partial charge on any atom is 0.225 e. The third-order valence-electron chi connectivity index (χ3n) is 3.07. The van der Waals surface area contributed by atoms with Crippen LogP contribution in [0.2, 0.25) is 0 Å². The second-order valence-corrected chi connectivity index (χ2v) is 4.20. The van der Waals surface area contributed by atoms with Crippen molar-refractivity contribution in [3.63, 3.8) is 0 Å². The average molecular weight is 220 g/mol. The Bertz CT molecular complexity index is 301. The molecule has 4 heteroatoms. The van der Waals surface area contributed by atoms with E-state index in [1.54, 1.807) is 0 Å². The Kier molecular flexibility index (Phi) is 4.10. The second-order valence-electron chi connectivity index (χ2n) is 4.20. The van der Waals surface area contributed by atoms with Crippen molar-refractivity contribution in [3.05, 3.63) is 18.5 Å². The molecular formula is C12H20N4. The van der Waals surface area contributed by atoms with Crippen molar-refractivity contribution in [2.24, 2.45) is 0 Å². The molecule has 0 saturated carbocycles. The van der Waals surface area contributed by atoms with Crippen molar-refractivity contribution in [3.8, 4) is 0 Å². The first-order valence-corrected chi connectivity index (χ1v) is 6.16. The van der Waals surface area contributed by atoms with Gasteiger partial charge in [0.05, 0.1) is 0 Å². The molecule has 1 aromatic rings. The van der Waals surface area contributed by atoms with E-state index in [9.17, 15) is 0 Å². The molecule has 16 heavy (non-hydrogen) atoms. The highest BCUT2D eigenvalue weighted by Crippen LogP contribution is 2.20. The van der Waals surface area contributed by atoms with Crippen molar-refractivity contribution in [1.29, 1.82) is 0 Å². The minimum atomic E-state index is 0.552. The van der Waals surface area contributed by atoms with Crippen molar-refractivity contribution in [2.45, 2.75) is 32.2 Å². The minimum absolute atomic E-state index is 0.552. The number of piperidine rings is 1. The van der Waals surface area contributed by atoms with Crippen LogP contribution in [0.1, 0.15) is 26.2 Å². The first-order valence-electron chi connectivity index (χ1n) is 6.16. The number of nitrogens with zero attached hydrogens (tertiary/aromatic N) is 3. The highest BCUT2D eigenvalue weighted by Gasteiger charge is 2.23. The van der Waals surface area contributed by atoms with E-state index in [2.05, 4.69) is 27.1 Å². The first kappa shape index (κ1) is 11.3. The largest absolute Gasteiger partial charge is 0.337 e. The van der Waals surface area contributed by atoms with Gasteiger partial charge in [-0.2, -0.15) is 0 Å². The van der Waals surface area contributed by atoms with Gasteiger partial charge in [0.15, 0.2) is 0 Å². The van der Waals surface area contributed by atoms with Gasteiger partial charge in [-0.15, -0.1) is 0 Å². The third-order valence-corrected chi connectivity index (χ3v) is 3.07. The zero-order valence-electron chi connectivity index (χ0n) is 9.89. The van der Waals surface area contributed by atoms with Crippen LogP contribution in [-0.2, 0) is 0 Å². The molecule has 4 nitrogen and oxygen atoms in total. The van der Waals surface area contributed by atoms with Crippen LogP contribution in [0.3, 0.4) is 0 Å². The quantitative estimate of drug-likeness (QED) is 0.833. The zero-order chi connectivity index (χ0) is 11.2.